The normalized spacial score (nSPS) is 12.9. The molecule has 1 aromatic rings. The Morgan fingerprint density at radius 3 is 2.50 bits per heavy atom. The summed E-state index contributed by atoms with van der Waals surface area (Å²) in [6.07, 6.45) is 0. The van der Waals surface area contributed by atoms with Crippen LogP contribution in [0.5, 0.6) is 11.5 Å². The molecule has 3 N–H and O–H groups in total. The van der Waals surface area contributed by atoms with E-state index in [0.717, 1.165) is 5.56 Å². The highest BCUT2D eigenvalue weighted by molar-refractivity contribution is 5.41. The molecule has 14 heavy (non-hydrogen) atoms. The quantitative estimate of drug-likeness (QED) is 0.776. The van der Waals surface area contributed by atoms with Gasteiger partial charge in [-0.05, 0) is 24.1 Å². The summed E-state index contributed by atoms with van der Waals surface area (Å²) in [5.41, 5.74) is 6.68. The zero-order valence-electron chi connectivity index (χ0n) is 8.82. The van der Waals surface area contributed by atoms with Gasteiger partial charge in [-0.3, -0.25) is 0 Å². The molecule has 3 heteroatoms. The number of methoxy groups -OCH3 is 1. The second-order valence-corrected chi connectivity index (χ2v) is 3.69. The Kier molecular flexibility index (Phi) is 3.36. The highest BCUT2D eigenvalue weighted by Crippen LogP contribution is 2.30. The van der Waals surface area contributed by atoms with Crippen LogP contribution in [0.15, 0.2) is 18.2 Å². The number of nitrogens with two attached hydrogens (primary N) is 1. The number of hydrogen-bond donors (Lipinski definition) is 2. The fourth-order valence-corrected chi connectivity index (χ4v) is 1.29. The molecule has 0 aromatic heterocycles. The van der Waals surface area contributed by atoms with Gasteiger partial charge in [0.1, 0.15) is 11.5 Å². The molecule has 0 unspecified atom stereocenters. The van der Waals surface area contributed by atoms with Gasteiger partial charge in [0.15, 0.2) is 0 Å². The smallest absolute Gasteiger partial charge is 0.120 e. The van der Waals surface area contributed by atoms with Gasteiger partial charge < -0.3 is 15.6 Å². The van der Waals surface area contributed by atoms with Crippen LogP contribution >= 0.6 is 0 Å². The maximum atomic E-state index is 9.61. The van der Waals surface area contributed by atoms with E-state index in [4.69, 9.17) is 10.5 Å². The average Bonchev–Trinajstić information content (AvgIpc) is 2.17. The highest BCUT2D eigenvalue weighted by atomic mass is 16.5. The first-order chi connectivity index (χ1) is 6.56. The van der Waals surface area contributed by atoms with Crippen molar-refractivity contribution in [2.75, 3.05) is 7.11 Å². The van der Waals surface area contributed by atoms with Crippen molar-refractivity contribution in [3.05, 3.63) is 23.8 Å². The van der Waals surface area contributed by atoms with Crippen molar-refractivity contribution in [2.24, 2.45) is 11.7 Å². The van der Waals surface area contributed by atoms with Crippen molar-refractivity contribution in [3.8, 4) is 11.5 Å². The van der Waals surface area contributed by atoms with Crippen molar-refractivity contribution in [3.63, 3.8) is 0 Å². The van der Waals surface area contributed by atoms with Crippen LogP contribution in [-0.2, 0) is 0 Å². The minimum Gasteiger partial charge on any atom is -0.508 e. The number of benzene rings is 1. The molecule has 0 heterocycles. The third-order valence-electron chi connectivity index (χ3n) is 2.31. The van der Waals surface area contributed by atoms with E-state index in [1.807, 2.05) is 13.8 Å². The summed E-state index contributed by atoms with van der Waals surface area (Å²) in [5.74, 6) is 1.23. The minimum atomic E-state index is -0.162. The minimum absolute atomic E-state index is 0.162. The Morgan fingerprint density at radius 2 is 2.00 bits per heavy atom. The second kappa shape index (κ2) is 4.33. The summed E-state index contributed by atoms with van der Waals surface area (Å²) in [4.78, 5) is 0. The van der Waals surface area contributed by atoms with Crippen LogP contribution in [0.4, 0.5) is 0 Å². The first-order valence-electron chi connectivity index (χ1n) is 4.68. The zero-order chi connectivity index (χ0) is 10.7. The van der Waals surface area contributed by atoms with Gasteiger partial charge in [0.2, 0.25) is 0 Å². The van der Waals surface area contributed by atoms with Gasteiger partial charge in [0, 0.05) is 11.6 Å². The molecule has 1 rings (SSSR count). The molecule has 0 saturated heterocycles. The molecule has 0 bridgehead atoms. The molecule has 3 nitrogen and oxygen atoms in total. The predicted octanol–water partition coefficient (Wildman–Crippen LogP) is 2.06. The van der Waals surface area contributed by atoms with E-state index in [-0.39, 0.29) is 17.7 Å². The molecular formula is C11H17NO2. The maximum Gasteiger partial charge on any atom is 0.120 e. The SMILES string of the molecule is COc1ccc(O)c([C@H](N)C(C)C)c1. The molecule has 0 radical (unpaired) electrons. The lowest BCUT2D eigenvalue weighted by molar-refractivity contribution is 0.405. The highest BCUT2D eigenvalue weighted by Gasteiger charge is 2.15. The van der Waals surface area contributed by atoms with Gasteiger partial charge in [-0.25, -0.2) is 0 Å². The second-order valence-electron chi connectivity index (χ2n) is 3.69. The number of phenolic OH excluding ortho intramolecular Hbond substituents is 1. The van der Waals surface area contributed by atoms with E-state index in [1.165, 1.54) is 0 Å². The monoisotopic (exact) mass is 195 g/mol. The summed E-state index contributed by atoms with van der Waals surface area (Å²) < 4.78 is 5.07. The van der Waals surface area contributed by atoms with Crippen molar-refractivity contribution >= 4 is 0 Å². The van der Waals surface area contributed by atoms with Gasteiger partial charge in [-0.1, -0.05) is 13.8 Å². The fraction of sp³-hybridized carbons (Fsp3) is 0.455. The van der Waals surface area contributed by atoms with Crippen molar-refractivity contribution in [1.29, 1.82) is 0 Å². The predicted molar refractivity (Wildman–Crippen MR) is 56.4 cm³/mol. The van der Waals surface area contributed by atoms with E-state index in [0.29, 0.717) is 5.75 Å². The van der Waals surface area contributed by atoms with E-state index in [9.17, 15) is 5.11 Å². The maximum absolute atomic E-state index is 9.61. The number of phenols is 1. The molecule has 0 saturated carbocycles. The Balaban J connectivity index is 3.05. The van der Waals surface area contributed by atoms with Crippen LogP contribution in [0.1, 0.15) is 25.5 Å². The van der Waals surface area contributed by atoms with E-state index >= 15 is 0 Å². The molecule has 0 aliphatic carbocycles. The van der Waals surface area contributed by atoms with Crippen LogP contribution < -0.4 is 10.5 Å². The Hall–Kier alpha value is -1.22. The third kappa shape index (κ3) is 2.17. The van der Waals surface area contributed by atoms with Crippen LogP contribution in [0.2, 0.25) is 0 Å². The van der Waals surface area contributed by atoms with Gasteiger partial charge >= 0.3 is 0 Å². The van der Waals surface area contributed by atoms with Gasteiger partial charge in [-0.15, -0.1) is 0 Å². The van der Waals surface area contributed by atoms with Crippen molar-refractivity contribution in [2.45, 2.75) is 19.9 Å². The average molecular weight is 195 g/mol. The van der Waals surface area contributed by atoms with Gasteiger partial charge in [-0.2, -0.15) is 0 Å². The molecule has 0 aliphatic heterocycles. The Morgan fingerprint density at radius 1 is 1.36 bits per heavy atom. The summed E-state index contributed by atoms with van der Waals surface area (Å²) >= 11 is 0. The van der Waals surface area contributed by atoms with E-state index in [1.54, 1.807) is 25.3 Å². The lowest BCUT2D eigenvalue weighted by Crippen LogP contribution is -2.16. The summed E-state index contributed by atoms with van der Waals surface area (Å²) in [6, 6.07) is 4.94. The van der Waals surface area contributed by atoms with Crippen LogP contribution in [0, 0.1) is 5.92 Å². The number of hydrogen-bond acceptors (Lipinski definition) is 3. The fourth-order valence-electron chi connectivity index (χ4n) is 1.29. The molecule has 0 fully saturated rings. The van der Waals surface area contributed by atoms with Gasteiger partial charge in [0.05, 0.1) is 7.11 Å². The van der Waals surface area contributed by atoms with Crippen molar-refractivity contribution < 1.29 is 9.84 Å². The topological polar surface area (TPSA) is 55.5 Å². The lowest BCUT2D eigenvalue weighted by atomic mass is 9.96. The van der Waals surface area contributed by atoms with E-state index in [2.05, 4.69) is 0 Å². The largest absolute Gasteiger partial charge is 0.508 e. The first kappa shape index (κ1) is 10.9. The third-order valence-corrected chi connectivity index (χ3v) is 2.31. The molecule has 1 aromatic carbocycles. The number of aromatic hydroxyl groups is 1. The van der Waals surface area contributed by atoms with Crippen LogP contribution in [0.25, 0.3) is 0 Å². The standard InChI is InChI=1S/C11H17NO2/c1-7(2)11(12)9-6-8(14-3)4-5-10(9)13/h4-7,11,13H,12H2,1-3H3/t11-/m1/s1. The summed E-state index contributed by atoms with van der Waals surface area (Å²) in [6.45, 7) is 4.03. The molecule has 0 aliphatic rings. The molecule has 78 valence electrons. The van der Waals surface area contributed by atoms with Crippen molar-refractivity contribution in [1.82, 2.24) is 0 Å². The summed E-state index contributed by atoms with van der Waals surface area (Å²) in [5, 5.41) is 9.61. The molecular weight excluding hydrogens is 178 g/mol. The Bertz CT molecular complexity index is 310. The van der Waals surface area contributed by atoms with E-state index < -0.39 is 0 Å². The van der Waals surface area contributed by atoms with Crippen LogP contribution in [0.3, 0.4) is 0 Å². The Labute approximate surface area is 84.5 Å². The lowest BCUT2D eigenvalue weighted by Gasteiger charge is -2.17. The number of rotatable bonds is 3. The number of ether oxygens (including phenoxy) is 1. The first-order valence-corrected chi connectivity index (χ1v) is 4.68. The zero-order valence-corrected chi connectivity index (χ0v) is 8.82. The summed E-state index contributed by atoms with van der Waals surface area (Å²) in [7, 11) is 1.59. The van der Waals surface area contributed by atoms with Crippen LogP contribution in [-0.4, -0.2) is 12.2 Å². The molecule has 1 atom stereocenters. The molecule has 0 amide bonds. The molecule has 0 spiro atoms. The van der Waals surface area contributed by atoms with Gasteiger partial charge in [0.25, 0.3) is 0 Å².